The highest BCUT2D eigenvalue weighted by Gasteiger charge is 2.14. The van der Waals surface area contributed by atoms with Crippen LogP contribution < -0.4 is 5.32 Å². The van der Waals surface area contributed by atoms with Gasteiger partial charge in [0.15, 0.2) is 5.13 Å². The van der Waals surface area contributed by atoms with Gasteiger partial charge in [-0.25, -0.2) is 4.98 Å². The third-order valence-corrected chi connectivity index (χ3v) is 3.32. The number of thiazole rings is 1. The average molecular weight is 256 g/mol. The summed E-state index contributed by atoms with van der Waals surface area (Å²) < 4.78 is 0. The van der Waals surface area contributed by atoms with Crippen LogP contribution in [-0.4, -0.2) is 22.0 Å². The number of aryl methyl sites for hydroxylation is 2. The van der Waals surface area contributed by atoms with E-state index in [1.807, 2.05) is 13.8 Å². The molecule has 0 aliphatic carbocycles. The van der Waals surface area contributed by atoms with E-state index in [-0.39, 0.29) is 24.7 Å². The lowest BCUT2D eigenvalue weighted by molar-refractivity contribution is -0.138. The van der Waals surface area contributed by atoms with Crippen LogP contribution in [0.5, 0.6) is 0 Å². The molecule has 0 aliphatic rings. The molecule has 0 fully saturated rings. The Kier molecular flexibility index (Phi) is 4.62. The molecule has 1 aromatic heterocycles. The molecule has 0 aromatic carbocycles. The zero-order valence-electron chi connectivity index (χ0n) is 10.1. The topological polar surface area (TPSA) is 79.3 Å². The number of aliphatic carboxylic acids is 1. The van der Waals surface area contributed by atoms with Gasteiger partial charge in [0.1, 0.15) is 0 Å². The number of rotatable bonds is 5. The first-order valence-electron chi connectivity index (χ1n) is 5.34. The van der Waals surface area contributed by atoms with Gasteiger partial charge < -0.3 is 10.4 Å². The summed E-state index contributed by atoms with van der Waals surface area (Å²) in [4.78, 5) is 27.3. The van der Waals surface area contributed by atoms with Crippen LogP contribution >= 0.6 is 11.3 Å². The normalized spacial score (nSPS) is 12.2. The average Bonchev–Trinajstić information content (AvgIpc) is 2.43. The van der Waals surface area contributed by atoms with Crippen LogP contribution in [0.15, 0.2) is 0 Å². The van der Waals surface area contributed by atoms with Crippen LogP contribution in [0.4, 0.5) is 5.13 Å². The number of hydrogen-bond donors (Lipinski definition) is 2. The van der Waals surface area contributed by atoms with Gasteiger partial charge in [0, 0.05) is 17.7 Å². The largest absolute Gasteiger partial charge is 0.481 e. The van der Waals surface area contributed by atoms with Gasteiger partial charge in [0.2, 0.25) is 5.91 Å². The molecule has 0 spiro atoms. The molecule has 0 radical (unpaired) electrons. The fourth-order valence-electron chi connectivity index (χ4n) is 1.38. The van der Waals surface area contributed by atoms with Gasteiger partial charge in [-0.15, -0.1) is 11.3 Å². The molecule has 94 valence electrons. The van der Waals surface area contributed by atoms with E-state index < -0.39 is 5.97 Å². The highest BCUT2D eigenvalue weighted by molar-refractivity contribution is 7.15. The Morgan fingerprint density at radius 1 is 1.41 bits per heavy atom. The van der Waals surface area contributed by atoms with Crippen LogP contribution in [0, 0.1) is 19.8 Å². The zero-order valence-corrected chi connectivity index (χ0v) is 10.9. The minimum absolute atomic E-state index is 0.00332. The molecular formula is C11H16N2O3S. The molecule has 17 heavy (non-hydrogen) atoms. The Bertz CT molecular complexity index is 409. The summed E-state index contributed by atoms with van der Waals surface area (Å²) in [6, 6.07) is 0. The first-order valence-corrected chi connectivity index (χ1v) is 6.15. The van der Waals surface area contributed by atoms with Crippen molar-refractivity contribution in [1.29, 1.82) is 0 Å². The van der Waals surface area contributed by atoms with Gasteiger partial charge in [-0.2, -0.15) is 0 Å². The van der Waals surface area contributed by atoms with Crippen LogP contribution in [0.3, 0.4) is 0 Å². The third kappa shape index (κ3) is 4.52. The molecule has 0 saturated carbocycles. The van der Waals surface area contributed by atoms with E-state index in [0.29, 0.717) is 5.13 Å². The molecule has 0 bridgehead atoms. The maximum Gasteiger partial charge on any atom is 0.303 e. The number of nitrogens with one attached hydrogen (secondary N) is 1. The van der Waals surface area contributed by atoms with E-state index in [1.54, 1.807) is 6.92 Å². The maximum atomic E-state index is 11.6. The number of hydrogen-bond acceptors (Lipinski definition) is 4. The molecule has 1 unspecified atom stereocenters. The lowest BCUT2D eigenvalue weighted by Gasteiger charge is -2.07. The highest BCUT2D eigenvalue weighted by atomic mass is 32.1. The van der Waals surface area contributed by atoms with Gasteiger partial charge in [-0.05, 0) is 19.8 Å². The summed E-state index contributed by atoms with van der Waals surface area (Å²) in [5, 5.41) is 11.8. The molecule has 1 atom stereocenters. The number of aromatic nitrogens is 1. The van der Waals surface area contributed by atoms with Crippen LogP contribution in [-0.2, 0) is 9.59 Å². The van der Waals surface area contributed by atoms with Crippen molar-refractivity contribution < 1.29 is 14.7 Å². The molecule has 5 nitrogen and oxygen atoms in total. The number of carbonyl (C=O) groups excluding carboxylic acids is 1. The standard InChI is InChI=1S/C11H16N2O3S/c1-6(5-10(15)16)4-9(14)13-11-12-7(2)8(3)17-11/h6H,4-5H2,1-3H3,(H,15,16)(H,12,13,14). The first kappa shape index (κ1) is 13.6. The number of anilines is 1. The Labute approximate surface area is 104 Å². The molecule has 1 amide bonds. The number of carboxylic acid groups (broad SMARTS) is 1. The minimum Gasteiger partial charge on any atom is -0.481 e. The van der Waals surface area contributed by atoms with Crippen LogP contribution in [0.2, 0.25) is 0 Å². The van der Waals surface area contributed by atoms with Gasteiger partial charge in [0.25, 0.3) is 0 Å². The molecule has 0 saturated heterocycles. The predicted octanol–water partition coefficient (Wildman–Crippen LogP) is 2.20. The zero-order chi connectivity index (χ0) is 13.0. The van der Waals surface area contributed by atoms with Gasteiger partial charge in [0.05, 0.1) is 5.69 Å². The van der Waals surface area contributed by atoms with E-state index in [9.17, 15) is 9.59 Å². The van der Waals surface area contributed by atoms with Crippen LogP contribution in [0.1, 0.15) is 30.3 Å². The SMILES string of the molecule is Cc1nc(NC(=O)CC(C)CC(=O)O)sc1C. The fraction of sp³-hybridized carbons (Fsp3) is 0.545. The molecule has 1 aromatic rings. The van der Waals surface area contributed by atoms with Crippen molar-refractivity contribution in [3.8, 4) is 0 Å². The van der Waals surface area contributed by atoms with E-state index in [2.05, 4.69) is 10.3 Å². The van der Waals surface area contributed by atoms with Gasteiger partial charge in [-0.3, -0.25) is 9.59 Å². The Hall–Kier alpha value is -1.43. The lowest BCUT2D eigenvalue weighted by atomic mass is 10.0. The van der Waals surface area contributed by atoms with Gasteiger partial charge >= 0.3 is 5.97 Å². The molecule has 0 aliphatic heterocycles. The minimum atomic E-state index is -0.883. The van der Waals surface area contributed by atoms with Crippen molar-refractivity contribution in [1.82, 2.24) is 4.98 Å². The van der Waals surface area contributed by atoms with Crippen molar-refractivity contribution in [2.75, 3.05) is 5.32 Å². The second kappa shape index (κ2) is 5.77. The molecule has 1 rings (SSSR count). The first-order chi connectivity index (χ1) is 7.88. The lowest BCUT2D eigenvalue weighted by Crippen LogP contribution is -2.16. The van der Waals surface area contributed by atoms with Crippen molar-refractivity contribution in [3.63, 3.8) is 0 Å². The Balaban J connectivity index is 2.47. The number of carbonyl (C=O) groups is 2. The molecule has 2 N–H and O–H groups in total. The second-order valence-corrected chi connectivity index (χ2v) is 5.32. The van der Waals surface area contributed by atoms with E-state index >= 15 is 0 Å². The van der Waals surface area contributed by atoms with E-state index in [1.165, 1.54) is 11.3 Å². The van der Waals surface area contributed by atoms with Crippen molar-refractivity contribution >= 4 is 28.3 Å². The van der Waals surface area contributed by atoms with Crippen molar-refractivity contribution in [2.24, 2.45) is 5.92 Å². The van der Waals surface area contributed by atoms with Gasteiger partial charge in [-0.1, -0.05) is 6.92 Å². The quantitative estimate of drug-likeness (QED) is 0.846. The maximum absolute atomic E-state index is 11.6. The summed E-state index contributed by atoms with van der Waals surface area (Å²) in [5.74, 6) is -1.24. The predicted molar refractivity (Wildman–Crippen MR) is 66.3 cm³/mol. The van der Waals surface area contributed by atoms with Crippen LogP contribution in [0.25, 0.3) is 0 Å². The Morgan fingerprint density at radius 2 is 2.06 bits per heavy atom. The number of carboxylic acids is 1. The molecule has 1 heterocycles. The van der Waals surface area contributed by atoms with E-state index in [4.69, 9.17) is 5.11 Å². The number of nitrogens with zero attached hydrogens (tertiary/aromatic N) is 1. The molecular weight excluding hydrogens is 240 g/mol. The van der Waals surface area contributed by atoms with E-state index in [0.717, 1.165) is 10.6 Å². The summed E-state index contributed by atoms with van der Waals surface area (Å²) in [6.45, 7) is 5.57. The smallest absolute Gasteiger partial charge is 0.303 e. The number of amides is 1. The van der Waals surface area contributed by atoms with Crippen molar-refractivity contribution in [3.05, 3.63) is 10.6 Å². The Morgan fingerprint density at radius 3 is 2.53 bits per heavy atom. The second-order valence-electron chi connectivity index (χ2n) is 4.12. The van der Waals surface area contributed by atoms with Crippen molar-refractivity contribution in [2.45, 2.75) is 33.6 Å². The summed E-state index contributed by atoms with van der Waals surface area (Å²) in [5.41, 5.74) is 0.906. The fourth-order valence-corrected chi connectivity index (χ4v) is 2.21. The molecule has 6 heteroatoms. The summed E-state index contributed by atoms with van der Waals surface area (Å²) in [6.07, 6.45) is 0.202. The monoisotopic (exact) mass is 256 g/mol. The summed E-state index contributed by atoms with van der Waals surface area (Å²) >= 11 is 1.42. The third-order valence-electron chi connectivity index (χ3n) is 2.33. The highest BCUT2D eigenvalue weighted by Crippen LogP contribution is 2.21. The summed E-state index contributed by atoms with van der Waals surface area (Å²) in [7, 11) is 0.